The average molecular weight is 280 g/mol. The van der Waals surface area contributed by atoms with Crippen LogP contribution in [0.3, 0.4) is 0 Å². The van der Waals surface area contributed by atoms with Crippen LogP contribution >= 0.6 is 0 Å². The van der Waals surface area contributed by atoms with Crippen LogP contribution in [0.1, 0.15) is 42.1 Å². The van der Waals surface area contributed by atoms with Gasteiger partial charge in [0, 0.05) is 13.6 Å². The van der Waals surface area contributed by atoms with E-state index in [0.717, 1.165) is 19.4 Å². The Labute approximate surface area is 117 Å². The molecule has 0 spiro atoms. The van der Waals surface area contributed by atoms with Crippen molar-refractivity contribution in [2.75, 3.05) is 20.1 Å². The Morgan fingerprint density at radius 2 is 2.25 bits per heavy atom. The molecule has 2 atom stereocenters. The Morgan fingerprint density at radius 3 is 2.85 bits per heavy atom. The van der Waals surface area contributed by atoms with Crippen LogP contribution in [0, 0.1) is 5.92 Å². The van der Waals surface area contributed by atoms with Crippen LogP contribution < -0.4 is 5.32 Å². The number of carboxylic acid groups (broad SMARTS) is 1. The first-order valence-corrected chi connectivity index (χ1v) is 6.81. The number of carboxylic acids is 1. The number of likely N-dealkylation sites (tertiary alicyclic amines) is 1. The molecule has 0 saturated carbocycles. The van der Waals surface area contributed by atoms with Gasteiger partial charge in [0.1, 0.15) is 5.76 Å². The highest BCUT2D eigenvalue weighted by molar-refractivity contribution is 5.84. The van der Waals surface area contributed by atoms with Crippen molar-refractivity contribution in [2.24, 2.45) is 5.92 Å². The largest absolute Gasteiger partial charge is 0.475 e. The van der Waals surface area contributed by atoms with Gasteiger partial charge in [0.2, 0.25) is 11.7 Å². The van der Waals surface area contributed by atoms with Crippen molar-refractivity contribution >= 4 is 11.9 Å². The normalized spacial score (nSPS) is 21.4. The second-order valence-electron chi connectivity index (χ2n) is 5.13. The standard InChI is InChI=1S/C14H20N2O4/c1-9(11-5-6-12(20-11)14(18)19)16-7-3-4-10(8-16)13(17)15-2/h5-6,9-10H,3-4,7-8H2,1-2H3,(H,15,17)(H,18,19). The smallest absolute Gasteiger partial charge is 0.371 e. The number of rotatable bonds is 4. The van der Waals surface area contributed by atoms with Crippen LogP contribution in [0.2, 0.25) is 0 Å². The van der Waals surface area contributed by atoms with E-state index in [1.165, 1.54) is 6.07 Å². The second-order valence-corrected chi connectivity index (χ2v) is 5.13. The minimum atomic E-state index is -1.06. The van der Waals surface area contributed by atoms with Crippen molar-refractivity contribution in [1.29, 1.82) is 0 Å². The van der Waals surface area contributed by atoms with Gasteiger partial charge in [-0.15, -0.1) is 0 Å². The van der Waals surface area contributed by atoms with Gasteiger partial charge in [-0.3, -0.25) is 9.69 Å². The van der Waals surface area contributed by atoms with Crippen molar-refractivity contribution in [3.63, 3.8) is 0 Å². The number of carbonyl (C=O) groups is 2. The summed E-state index contributed by atoms with van der Waals surface area (Å²) in [6, 6.07) is 3.13. The summed E-state index contributed by atoms with van der Waals surface area (Å²) in [4.78, 5) is 24.7. The molecule has 0 aromatic carbocycles. The Morgan fingerprint density at radius 1 is 1.50 bits per heavy atom. The summed E-state index contributed by atoms with van der Waals surface area (Å²) >= 11 is 0. The SMILES string of the molecule is CNC(=O)C1CCCN(C(C)c2ccc(C(=O)O)o2)C1. The van der Waals surface area contributed by atoms with E-state index in [1.807, 2.05) is 6.92 Å². The second kappa shape index (κ2) is 6.09. The minimum absolute atomic E-state index is 0.00916. The first-order valence-electron chi connectivity index (χ1n) is 6.81. The third-order valence-electron chi connectivity index (χ3n) is 3.87. The van der Waals surface area contributed by atoms with E-state index in [1.54, 1.807) is 13.1 Å². The predicted octanol–water partition coefficient (Wildman–Crippen LogP) is 1.50. The quantitative estimate of drug-likeness (QED) is 0.873. The molecule has 1 aromatic heterocycles. The van der Waals surface area contributed by atoms with Crippen LogP contribution in [-0.2, 0) is 4.79 Å². The van der Waals surface area contributed by atoms with Gasteiger partial charge in [0.15, 0.2) is 0 Å². The summed E-state index contributed by atoms with van der Waals surface area (Å²) in [5, 5.41) is 11.6. The molecule has 1 saturated heterocycles. The summed E-state index contributed by atoms with van der Waals surface area (Å²) < 4.78 is 5.34. The molecular weight excluding hydrogens is 260 g/mol. The van der Waals surface area contributed by atoms with Gasteiger partial charge in [-0.1, -0.05) is 0 Å². The number of piperidine rings is 1. The molecule has 20 heavy (non-hydrogen) atoms. The highest BCUT2D eigenvalue weighted by Gasteiger charge is 2.29. The molecule has 0 bridgehead atoms. The highest BCUT2D eigenvalue weighted by Crippen LogP contribution is 2.27. The van der Waals surface area contributed by atoms with Crippen LogP contribution in [0.15, 0.2) is 16.5 Å². The van der Waals surface area contributed by atoms with Gasteiger partial charge in [0.25, 0.3) is 0 Å². The summed E-state index contributed by atoms with van der Waals surface area (Å²) in [7, 11) is 1.65. The van der Waals surface area contributed by atoms with Crippen LogP contribution in [0.25, 0.3) is 0 Å². The third kappa shape index (κ3) is 3.01. The number of carbonyl (C=O) groups excluding carboxylic acids is 1. The Kier molecular flexibility index (Phi) is 4.44. The van der Waals surface area contributed by atoms with Crippen molar-refractivity contribution in [3.8, 4) is 0 Å². The maximum atomic E-state index is 11.7. The van der Waals surface area contributed by atoms with E-state index >= 15 is 0 Å². The molecular formula is C14H20N2O4. The molecule has 110 valence electrons. The summed E-state index contributed by atoms with van der Waals surface area (Å²) in [6.07, 6.45) is 1.84. The van der Waals surface area contributed by atoms with Crippen LogP contribution in [0.5, 0.6) is 0 Å². The lowest BCUT2D eigenvalue weighted by Gasteiger charge is -2.35. The summed E-state index contributed by atoms with van der Waals surface area (Å²) in [6.45, 7) is 3.53. The molecule has 1 aliphatic rings. The van der Waals surface area contributed by atoms with E-state index in [4.69, 9.17) is 9.52 Å². The zero-order valence-electron chi connectivity index (χ0n) is 11.8. The Hall–Kier alpha value is -1.82. The molecule has 2 heterocycles. The molecule has 0 aliphatic carbocycles. The number of hydrogen-bond donors (Lipinski definition) is 2. The minimum Gasteiger partial charge on any atom is -0.475 e. The monoisotopic (exact) mass is 280 g/mol. The molecule has 2 unspecified atom stereocenters. The highest BCUT2D eigenvalue weighted by atomic mass is 16.4. The molecule has 6 nitrogen and oxygen atoms in total. The van der Waals surface area contributed by atoms with Gasteiger partial charge < -0.3 is 14.8 Å². The van der Waals surface area contributed by atoms with Gasteiger partial charge in [-0.05, 0) is 38.4 Å². The fraction of sp³-hybridized carbons (Fsp3) is 0.571. The van der Waals surface area contributed by atoms with E-state index in [2.05, 4.69) is 10.2 Å². The molecule has 2 rings (SSSR count). The number of nitrogens with zero attached hydrogens (tertiary/aromatic N) is 1. The summed E-state index contributed by atoms with van der Waals surface area (Å²) in [5.41, 5.74) is 0. The van der Waals surface area contributed by atoms with Gasteiger partial charge >= 0.3 is 5.97 Å². The maximum absolute atomic E-state index is 11.7. The van der Waals surface area contributed by atoms with Crippen molar-refractivity contribution < 1.29 is 19.1 Å². The summed E-state index contributed by atoms with van der Waals surface area (Å²) in [5.74, 6) is -0.435. The fourth-order valence-corrected chi connectivity index (χ4v) is 2.65. The van der Waals surface area contributed by atoms with Crippen molar-refractivity contribution in [1.82, 2.24) is 10.2 Å². The third-order valence-corrected chi connectivity index (χ3v) is 3.87. The number of furan rings is 1. The van der Waals surface area contributed by atoms with E-state index in [0.29, 0.717) is 12.3 Å². The Bertz CT molecular complexity index is 497. The zero-order chi connectivity index (χ0) is 14.7. The van der Waals surface area contributed by atoms with Gasteiger partial charge in [0.05, 0.1) is 12.0 Å². The molecule has 1 fully saturated rings. The first-order chi connectivity index (χ1) is 9.52. The predicted molar refractivity (Wildman–Crippen MR) is 72.4 cm³/mol. The molecule has 6 heteroatoms. The number of hydrogen-bond acceptors (Lipinski definition) is 4. The zero-order valence-corrected chi connectivity index (χ0v) is 11.8. The maximum Gasteiger partial charge on any atom is 0.371 e. The molecule has 2 N–H and O–H groups in total. The molecule has 1 aliphatic heterocycles. The van der Waals surface area contributed by atoms with Gasteiger partial charge in [-0.25, -0.2) is 4.79 Å². The number of amides is 1. The van der Waals surface area contributed by atoms with Crippen LogP contribution in [-0.4, -0.2) is 42.0 Å². The topological polar surface area (TPSA) is 82.8 Å². The van der Waals surface area contributed by atoms with Crippen LogP contribution in [0.4, 0.5) is 0 Å². The Balaban J connectivity index is 2.05. The van der Waals surface area contributed by atoms with Crippen molar-refractivity contribution in [3.05, 3.63) is 23.7 Å². The molecule has 0 radical (unpaired) electrons. The van der Waals surface area contributed by atoms with E-state index in [9.17, 15) is 9.59 Å². The van der Waals surface area contributed by atoms with Gasteiger partial charge in [-0.2, -0.15) is 0 Å². The number of aromatic carboxylic acids is 1. The molecule has 1 amide bonds. The first kappa shape index (κ1) is 14.6. The lowest BCUT2D eigenvalue weighted by Crippen LogP contribution is -2.43. The number of nitrogens with one attached hydrogen (secondary N) is 1. The van der Waals surface area contributed by atoms with Crippen molar-refractivity contribution in [2.45, 2.75) is 25.8 Å². The van der Waals surface area contributed by atoms with E-state index < -0.39 is 5.97 Å². The molecule has 1 aromatic rings. The fourth-order valence-electron chi connectivity index (χ4n) is 2.65. The lowest BCUT2D eigenvalue weighted by atomic mass is 9.96. The lowest BCUT2D eigenvalue weighted by molar-refractivity contribution is -0.126. The average Bonchev–Trinajstić information content (AvgIpc) is 2.95. The van der Waals surface area contributed by atoms with E-state index in [-0.39, 0.29) is 23.6 Å².